The van der Waals surface area contributed by atoms with Gasteiger partial charge in [-0.15, -0.1) is 0 Å². The summed E-state index contributed by atoms with van der Waals surface area (Å²) in [7, 11) is 2.96. The molecule has 1 aliphatic heterocycles. The molecule has 0 amide bonds. The van der Waals surface area contributed by atoms with Gasteiger partial charge in [0.2, 0.25) is 0 Å². The molecular formula is C17H20ClF3S. The molecule has 5 heteroatoms. The number of allylic oxidation sites excluding steroid dienone is 1. The summed E-state index contributed by atoms with van der Waals surface area (Å²) in [6.45, 7) is 3.97. The molecule has 1 aromatic rings. The first-order valence-corrected chi connectivity index (χ1v) is 10.2. The number of hydrogen-bond acceptors (Lipinski definition) is 0. The second-order valence-electron chi connectivity index (χ2n) is 6.46. The van der Waals surface area contributed by atoms with Crippen LogP contribution in [0.25, 0.3) is 6.08 Å². The molecule has 0 aromatic heterocycles. The Balaban J connectivity index is 2.14. The average molecular weight is 349 g/mol. The van der Waals surface area contributed by atoms with Crippen molar-refractivity contribution in [2.75, 3.05) is 0 Å². The first-order chi connectivity index (χ1) is 10.2. The van der Waals surface area contributed by atoms with E-state index in [0.717, 1.165) is 31.2 Å². The fourth-order valence-electron chi connectivity index (χ4n) is 3.45. The van der Waals surface area contributed by atoms with Gasteiger partial charge >= 0.3 is 5.51 Å². The van der Waals surface area contributed by atoms with E-state index in [4.69, 9.17) is 10.7 Å². The molecular weight excluding hydrogens is 329 g/mol. The predicted octanol–water partition coefficient (Wildman–Crippen LogP) is 7.19. The van der Waals surface area contributed by atoms with E-state index in [2.05, 4.69) is 0 Å². The summed E-state index contributed by atoms with van der Waals surface area (Å²) in [5.41, 5.74) is -2.82. The van der Waals surface area contributed by atoms with Crippen LogP contribution in [0, 0.1) is 5.92 Å². The van der Waals surface area contributed by atoms with Crippen molar-refractivity contribution in [3.63, 3.8) is 0 Å². The van der Waals surface area contributed by atoms with Gasteiger partial charge in [0.25, 0.3) is 0 Å². The molecule has 0 spiro atoms. The molecule has 0 radical (unpaired) electrons. The molecule has 1 aromatic carbocycles. The first-order valence-electron chi connectivity index (χ1n) is 7.70. The van der Waals surface area contributed by atoms with Gasteiger partial charge in [-0.2, -0.15) is 13.2 Å². The van der Waals surface area contributed by atoms with Gasteiger partial charge in [0.05, 0.1) is 0 Å². The Morgan fingerprint density at radius 3 is 2.36 bits per heavy atom. The molecule has 22 heavy (non-hydrogen) atoms. The van der Waals surface area contributed by atoms with E-state index in [1.807, 2.05) is 26.0 Å². The van der Waals surface area contributed by atoms with Crippen molar-refractivity contribution in [2.24, 2.45) is 5.92 Å². The topological polar surface area (TPSA) is 0 Å². The number of alkyl halides is 3. The second kappa shape index (κ2) is 5.48. The van der Waals surface area contributed by atoms with Crippen LogP contribution >= 0.6 is 19.9 Å². The van der Waals surface area contributed by atoms with Gasteiger partial charge in [-0.3, -0.25) is 0 Å². The zero-order valence-electron chi connectivity index (χ0n) is 12.7. The maximum atomic E-state index is 13.9. The Labute approximate surface area is 135 Å². The summed E-state index contributed by atoms with van der Waals surface area (Å²) in [5, 5.41) is 0. The van der Waals surface area contributed by atoms with Crippen molar-refractivity contribution >= 4 is 26.0 Å². The third kappa shape index (κ3) is 2.39. The van der Waals surface area contributed by atoms with E-state index < -0.39 is 14.7 Å². The van der Waals surface area contributed by atoms with Crippen LogP contribution in [0.5, 0.6) is 0 Å². The number of fused-ring (bicyclic) bond motifs is 1. The third-order valence-corrected chi connectivity index (χ3v) is 8.96. The average Bonchev–Trinajstić information content (AvgIpc) is 3.04. The molecule has 1 saturated carbocycles. The second-order valence-corrected chi connectivity index (χ2v) is 10.3. The molecule has 0 saturated heterocycles. The van der Waals surface area contributed by atoms with Crippen molar-refractivity contribution in [2.45, 2.75) is 55.9 Å². The number of benzene rings is 1. The lowest BCUT2D eigenvalue weighted by Gasteiger charge is -2.37. The third-order valence-electron chi connectivity index (χ3n) is 4.71. The van der Waals surface area contributed by atoms with Crippen LogP contribution in [-0.4, -0.2) is 5.51 Å². The van der Waals surface area contributed by atoms with E-state index in [1.54, 1.807) is 12.1 Å². The molecule has 0 nitrogen and oxygen atoms in total. The number of hydrogen-bond donors (Lipinski definition) is 0. The van der Waals surface area contributed by atoms with E-state index in [1.165, 1.54) is 0 Å². The van der Waals surface area contributed by atoms with Gasteiger partial charge in [0, 0.05) is 4.90 Å². The smallest absolute Gasteiger partial charge is 0.160 e. The largest absolute Gasteiger partial charge is 0.445 e. The predicted molar refractivity (Wildman–Crippen MR) is 88.2 cm³/mol. The zero-order chi connectivity index (χ0) is 16.1. The van der Waals surface area contributed by atoms with Crippen molar-refractivity contribution in [3.05, 3.63) is 34.2 Å². The Morgan fingerprint density at radius 1 is 1.18 bits per heavy atom. The van der Waals surface area contributed by atoms with Crippen LogP contribution in [-0.2, 0) is 0 Å². The number of rotatable bonds is 2. The molecule has 2 aliphatic rings. The summed E-state index contributed by atoms with van der Waals surface area (Å²) in [6.07, 6.45) is 5.38. The van der Waals surface area contributed by atoms with Gasteiger partial charge in [0.1, 0.15) is 0 Å². The Hall–Kier alpha value is -0.610. The lowest BCUT2D eigenvalue weighted by molar-refractivity contribution is -0.0360. The van der Waals surface area contributed by atoms with Crippen molar-refractivity contribution in [3.8, 4) is 0 Å². The van der Waals surface area contributed by atoms with Gasteiger partial charge < -0.3 is 0 Å². The van der Waals surface area contributed by atoms with E-state index in [0.29, 0.717) is 15.4 Å². The zero-order valence-corrected chi connectivity index (χ0v) is 14.3. The van der Waals surface area contributed by atoms with E-state index in [-0.39, 0.29) is 11.8 Å². The van der Waals surface area contributed by atoms with Gasteiger partial charge in [-0.05, 0) is 72.8 Å². The Bertz CT molecular complexity index is 615. The fourth-order valence-corrected chi connectivity index (χ4v) is 6.87. The Kier molecular flexibility index (Phi) is 4.05. The summed E-state index contributed by atoms with van der Waals surface area (Å²) in [5.74, 6) is 0.179. The Morgan fingerprint density at radius 2 is 1.82 bits per heavy atom. The molecule has 1 unspecified atom stereocenters. The van der Waals surface area contributed by atoms with Crippen molar-refractivity contribution in [1.29, 1.82) is 0 Å². The standard InChI is InChI=1S/C17H20ClF3S/c1-11(2)13-7-8-14-10-15(12-5-3-4-6-12)22(18,16(14)9-13)17(19,20)21/h7-12H,3-6H2,1-2H3. The quantitative estimate of drug-likeness (QED) is 0.530. The molecule has 1 heterocycles. The highest BCUT2D eigenvalue weighted by atomic mass is 35.7. The molecule has 1 atom stereocenters. The van der Waals surface area contributed by atoms with Gasteiger partial charge in [0.15, 0.2) is 0 Å². The van der Waals surface area contributed by atoms with Gasteiger partial charge in [-0.25, -0.2) is 0 Å². The SMILES string of the molecule is CC(C)c1ccc2c(c1)S(Cl)(C(F)(F)F)C(C1CCCC1)=C2. The lowest BCUT2D eigenvalue weighted by atomic mass is 10.0. The maximum Gasteiger partial charge on any atom is 0.445 e. The maximum absolute atomic E-state index is 13.9. The van der Waals surface area contributed by atoms with Crippen LogP contribution in [0.15, 0.2) is 28.0 Å². The number of halogens is 4. The van der Waals surface area contributed by atoms with Crippen LogP contribution < -0.4 is 0 Å². The molecule has 1 fully saturated rings. The normalized spacial score (nSPS) is 28.6. The summed E-state index contributed by atoms with van der Waals surface area (Å²) >= 11 is 0. The van der Waals surface area contributed by atoms with Crippen molar-refractivity contribution in [1.82, 2.24) is 0 Å². The van der Waals surface area contributed by atoms with Crippen molar-refractivity contribution < 1.29 is 13.2 Å². The fraction of sp³-hybridized carbons (Fsp3) is 0.529. The van der Waals surface area contributed by atoms with Crippen LogP contribution in [0.4, 0.5) is 13.2 Å². The molecule has 1 aliphatic carbocycles. The molecule has 122 valence electrons. The highest BCUT2D eigenvalue weighted by molar-refractivity contribution is 8.54. The minimum atomic E-state index is -4.40. The van der Waals surface area contributed by atoms with Crippen LogP contribution in [0.2, 0.25) is 0 Å². The van der Waals surface area contributed by atoms with Gasteiger partial charge in [-0.1, -0.05) is 38.8 Å². The van der Waals surface area contributed by atoms with Crippen LogP contribution in [0.1, 0.15) is 56.6 Å². The lowest BCUT2D eigenvalue weighted by Crippen LogP contribution is -2.19. The minimum Gasteiger partial charge on any atom is -0.160 e. The van der Waals surface area contributed by atoms with E-state index >= 15 is 0 Å². The summed E-state index contributed by atoms with van der Waals surface area (Å²) in [4.78, 5) is 0.741. The molecule has 3 rings (SSSR count). The monoisotopic (exact) mass is 348 g/mol. The summed E-state index contributed by atoms with van der Waals surface area (Å²) < 4.78 is 41.8. The first kappa shape index (κ1) is 16.3. The highest BCUT2D eigenvalue weighted by Gasteiger charge is 2.57. The molecule has 0 N–H and O–H groups in total. The van der Waals surface area contributed by atoms with Crippen LogP contribution in [0.3, 0.4) is 0 Å². The summed E-state index contributed by atoms with van der Waals surface area (Å²) in [6, 6.07) is 5.42. The highest BCUT2D eigenvalue weighted by Crippen LogP contribution is 2.81. The van der Waals surface area contributed by atoms with E-state index in [9.17, 15) is 13.2 Å². The molecule has 0 bridgehead atoms. The minimum absolute atomic E-state index is 0.0102.